The van der Waals surface area contributed by atoms with Gasteiger partial charge in [0, 0.05) is 23.8 Å². The molecule has 1 heterocycles. The van der Waals surface area contributed by atoms with E-state index in [9.17, 15) is 4.39 Å². The first kappa shape index (κ1) is 18.7. The molecular weight excluding hydrogens is 395 g/mol. The summed E-state index contributed by atoms with van der Waals surface area (Å²) in [5.41, 5.74) is 1.90. The number of nitrogens with zero attached hydrogens (tertiary/aromatic N) is 2. The van der Waals surface area contributed by atoms with Gasteiger partial charge in [-0.1, -0.05) is 33.6 Å². The van der Waals surface area contributed by atoms with Gasteiger partial charge in [0.15, 0.2) is 5.96 Å². The van der Waals surface area contributed by atoms with E-state index in [2.05, 4.69) is 36.5 Å². The molecule has 0 unspecified atom stereocenters. The molecule has 0 radical (unpaired) electrons. The van der Waals surface area contributed by atoms with Gasteiger partial charge in [-0.15, -0.1) is 0 Å². The lowest BCUT2D eigenvalue weighted by molar-refractivity contribution is 0.624. The second-order valence-electron chi connectivity index (χ2n) is 5.14. The number of guanidine groups is 1. The fourth-order valence-corrected chi connectivity index (χ4v) is 2.72. The zero-order valence-corrected chi connectivity index (χ0v) is 15.7. The Morgan fingerprint density at radius 1 is 1.25 bits per heavy atom. The van der Waals surface area contributed by atoms with Gasteiger partial charge in [0.25, 0.3) is 0 Å². The molecule has 0 bridgehead atoms. The summed E-state index contributed by atoms with van der Waals surface area (Å²) in [6, 6.07) is 8.49. The fraction of sp³-hybridized carbons (Fsp3) is 0.294. The lowest BCUT2D eigenvalue weighted by Crippen LogP contribution is -2.38. The Hall–Kier alpha value is -1.66. The summed E-state index contributed by atoms with van der Waals surface area (Å²) in [6.07, 6.45) is 2.57. The van der Waals surface area contributed by atoms with Crippen LogP contribution in [0.5, 0.6) is 0 Å². The Balaban J connectivity index is 1.91. The maximum absolute atomic E-state index is 13.4. The normalized spacial score (nSPS) is 11.4. The molecule has 0 aliphatic rings. The quantitative estimate of drug-likeness (QED) is 0.428. The molecule has 1 aromatic carbocycles. The van der Waals surface area contributed by atoms with Crippen molar-refractivity contribution in [3.8, 4) is 0 Å². The Labute approximate surface area is 154 Å². The SMILES string of the molecule is CCNC(=NCc1cc(F)cc(Br)c1)NCCc1ccc(Cl)nc1. The molecule has 24 heavy (non-hydrogen) atoms. The van der Waals surface area contributed by atoms with E-state index in [1.54, 1.807) is 12.3 Å². The molecule has 1 aromatic heterocycles. The minimum atomic E-state index is -0.275. The van der Waals surface area contributed by atoms with Gasteiger partial charge in [0.05, 0.1) is 6.54 Å². The van der Waals surface area contributed by atoms with Crippen LogP contribution in [0.15, 0.2) is 46.0 Å². The van der Waals surface area contributed by atoms with E-state index in [4.69, 9.17) is 11.6 Å². The second-order valence-corrected chi connectivity index (χ2v) is 6.44. The molecule has 0 aliphatic carbocycles. The largest absolute Gasteiger partial charge is 0.357 e. The van der Waals surface area contributed by atoms with Gasteiger partial charge in [-0.25, -0.2) is 14.4 Å². The van der Waals surface area contributed by atoms with Crippen molar-refractivity contribution in [1.29, 1.82) is 0 Å². The molecule has 0 saturated carbocycles. The molecule has 128 valence electrons. The van der Waals surface area contributed by atoms with E-state index in [0.29, 0.717) is 28.7 Å². The third-order valence-corrected chi connectivity index (χ3v) is 3.86. The minimum Gasteiger partial charge on any atom is -0.357 e. The summed E-state index contributed by atoms with van der Waals surface area (Å²) in [6.45, 7) is 3.86. The predicted molar refractivity (Wildman–Crippen MR) is 99.9 cm³/mol. The smallest absolute Gasteiger partial charge is 0.191 e. The average Bonchev–Trinajstić information content (AvgIpc) is 2.53. The maximum atomic E-state index is 13.4. The first-order chi connectivity index (χ1) is 11.6. The van der Waals surface area contributed by atoms with Crippen LogP contribution in [-0.2, 0) is 13.0 Å². The predicted octanol–water partition coefficient (Wildman–Crippen LogP) is 3.93. The van der Waals surface area contributed by atoms with Crippen LogP contribution < -0.4 is 10.6 Å². The highest BCUT2D eigenvalue weighted by molar-refractivity contribution is 9.10. The summed E-state index contributed by atoms with van der Waals surface area (Å²) >= 11 is 9.06. The molecule has 0 aliphatic heterocycles. The number of aliphatic imine (C=N–C) groups is 1. The lowest BCUT2D eigenvalue weighted by atomic mass is 10.2. The lowest BCUT2D eigenvalue weighted by Gasteiger charge is -2.11. The molecule has 0 amide bonds. The summed E-state index contributed by atoms with van der Waals surface area (Å²) < 4.78 is 14.1. The van der Waals surface area contributed by atoms with Gasteiger partial charge in [0.1, 0.15) is 11.0 Å². The van der Waals surface area contributed by atoms with Crippen molar-refractivity contribution in [3.05, 3.63) is 63.1 Å². The van der Waals surface area contributed by atoms with Crippen molar-refractivity contribution < 1.29 is 4.39 Å². The molecule has 7 heteroatoms. The molecule has 0 atom stereocenters. The second kappa shape index (κ2) is 9.59. The van der Waals surface area contributed by atoms with Crippen LogP contribution in [0.2, 0.25) is 5.15 Å². The number of aromatic nitrogens is 1. The number of pyridine rings is 1. The van der Waals surface area contributed by atoms with Crippen molar-refractivity contribution in [2.75, 3.05) is 13.1 Å². The van der Waals surface area contributed by atoms with Gasteiger partial charge in [-0.3, -0.25) is 0 Å². The Bertz CT molecular complexity index is 671. The number of nitrogens with one attached hydrogen (secondary N) is 2. The van der Waals surface area contributed by atoms with Crippen LogP contribution >= 0.6 is 27.5 Å². The highest BCUT2D eigenvalue weighted by atomic mass is 79.9. The zero-order valence-electron chi connectivity index (χ0n) is 13.3. The van der Waals surface area contributed by atoms with E-state index in [1.165, 1.54) is 12.1 Å². The van der Waals surface area contributed by atoms with Gasteiger partial charge in [-0.2, -0.15) is 0 Å². The van der Waals surface area contributed by atoms with E-state index < -0.39 is 0 Å². The summed E-state index contributed by atoms with van der Waals surface area (Å²) in [5, 5.41) is 6.92. The number of halogens is 3. The third kappa shape index (κ3) is 6.45. The van der Waals surface area contributed by atoms with Gasteiger partial charge < -0.3 is 10.6 Å². The fourth-order valence-electron chi connectivity index (χ4n) is 2.09. The van der Waals surface area contributed by atoms with Gasteiger partial charge in [0.2, 0.25) is 0 Å². The van der Waals surface area contributed by atoms with Gasteiger partial charge in [-0.05, 0) is 48.7 Å². The van der Waals surface area contributed by atoms with E-state index in [-0.39, 0.29) is 5.82 Å². The molecule has 0 saturated heterocycles. The van der Waals surface area contributed by atoms with E-state index in [0.717, 1.165) is 24.1 Å². The minimum absolute atomic E-state index is 0.275. The van der Waals surface area contributed by atoms with Crippen molar-refractivity contribution in [3.63, 3.8) is 0 Å². The van der Waals surface area contributed by atoms with Gasteiger partial charge >= 0.3 is 0 Å². The Morgan fingerprint density at radius 3 is 2.75 bits per heavy atom. The third-order valence-electron chi connectivity index (χ3n) is 3.18. The van der Waals surface area contributed by atoms with Crippen molar-refractivity contribution in [2.24, 2.45) is 4.99 Å². The van der Waals surface area contributed by atoms with E-state index >= 15 is 0 Å². The first-order valence-electron chi connectivity index (χ1n) is 7.64. The number of hydrogen-bond acceptors (Lipinski definition) is 2. The standard InChI is InChI=1S/C17H19BrClFN4/c1-2-21-17(22-6-5-12-3-4-16(19)23-10-12)24-11-13-7-14(18)9-15(20)8-13/h3-4,7-10H,2,5-6,11H2,1H3,(H2,21,22,24). The molecule has 4 nitrogen and oxygen atoms in total. The van der Waals surface area contributed by atoms with Crippen LogP contribution in [0.3, 0.4) is 0 Å². The monoisotopic (exact) mass is 412 g/mol. The van der Waals surface area contributed by atoms with Crippen LogP contribution in [0.4, 0.5) is 4.39 Å². The molecule has 2 rings (SSSR count). The molecular formula is C17H19BrClFN4. The number of hydrogen-bond donors (Lipinski definition) is 2. The summed E-state index contributed by atoms with van der Waals surface area (Å²) in [4.78, 5) is 8.54. The number of benzene rings is 1. The Morgan fingerprint density at radius 2 is 2.08 bits per heavy atom. The summed E-state index contributed by atoms with van der Waals surface area (Å²) in [5.74, 6) is 0.419. The molecule has 0 fully saturated rings. The maximum Gasteiger partial charge on any atom is 0.191 e. The molecule has 2 N–H and O–H groups in total. The van der Waals surface area contributed by atoms with Crippen LogP contribution in [0, 0.1) is 5.82 Å². The topological polar surface area (TPSA) is 49.3 Å². The van der Waals surface area contributed by atoms with E-state index in [1.807, 2.05) is 19.1 Å². The highest BCUT2D eigenvalue weighted by Crippen LogP contribution is 2.15. The average molecular weight is 414 g/mol. The zero-order chi connectivity index (χ0) is 17.4. The Kier molecular flexibility index (Phi) is 7.46. The van der Waals surface area contributed by atoms with Crippen molar-refractivity contribution in [1.82, 2.24) is 15.6 Å². The molecule has 0 spiro atoms. The van der Waals surface area contributed by atoms with Crippen LogP contribution in [0.1, 0.15) is 18.1 Å². The van der Waals surface area contributed by atoms with Crippen molar-refractivity contribution >= 4 is 33.5 Å². The highest BCUT2D eigenvalue weighted by Gasteiger charge is 2.01. The van der Waals surface area contributed by atoms with Crippen LogP contribution in [-0.4, -0.2) is 24.0 Å². The first-order valence-corrected chi connectivity index (χ1v) is 8.81. The van der Waals surface area contributed by atoms with Crippen LogP contribution in [0.25, 0.3) is 0 Å². The number of rotatable bonds is 6. The van der Waals surface area contributed by atoms with Crippen molar-refractivity contribution in [2.45, 2.75) is 19.9 Å². The summed E-state index contributed by atoms with van der Waals surface area (Å²) in [7, 11) is 0. The molecule has 2 aromatic rings.